The summed E-state index contributed by atoms with van der Waals surface area (Å²) in [4.78, 5) is 24.5. The number of nitrogens with one attached hydrogen (secondary N) is 1. The zero-order chi connectivity index (χ0) is 16.0. The normalized spacial score (nSPS) is 11.3. The van der Waals surface area contributed by atoms with Gasteiger partial charge >= 0.3 is 0 Å². The lowest BCUT2D eigenvalue weighted by molar-refractivity contribution is -0.122. The van der Waals surface area contributed by atoms with Crippen molar-refractivity contribution in [1.82, 2.24) is 10.4 Å². The molecule has 0 bridgehead atoms. The third-order valence-electron chi connectivity index (χ3n) is 2.75. The minimum Gasteiger partial charge on any atom is -0.496 e. The number of rotatable bonds is 3. The predicted octanol–water partition coefficient (Wildman–Crippen LogP) is 2.54. The molecule has 5 nitrogen and oxygen atoms in total. The summed E-state index contributed by atoms with van der Waals surface area (Å²) in [7, 11) is 1.51. The van der Waals surface area contributed by atoms with Crippen molar-refractivity contribution in [3.63, 3.8) is 0 Å². The topological polar surface area (TPSA) is 58.6 Å². The van der Waals surface area contributed by atoms with E-state index in [1.807, 2.05) is 20.8 Å². The van der Waals surface area contributed by atoms with E-state index in [-0.39, 0.29) is 11.8 Å². The van der Waals surface area contributed by atoms with E-state index in [2.05, 4.69) is 5.43 Å². The van der Waals surface area contributed by atoms with Gasteiger partial charge in [-0.3, -0.25) is 15.0 Å². The van der Waals surface area contributed by atoms with E-state index in [4.69, 9.17) is 4.74 Å². The van der Waals surface area contributed by atoms with Gasteiger partial charge in [0.05, 0.1) is 18.2 Å². The summed E-state index contributed by atoms with van der Waals surface area (Å²) < 4.78 is 5.21. The van der Waals surface area contributed by atoms with Crippen molar-refractivity contribution in [3.05, 3.63) is 42.0 Å². The summed E-state index contributed by atoms with van der Waals surface area (Å²) in [5.74, 6) is -0.203. The summed E-state index contributed by atoms with van der Waals surface area (Å²) in [6, 6.07) is 6.92. The Morgan fingerprint density at radius 1 is 1.24 bits per heavy atom. The van der Waals surface area contributed by atoms with Crippen LogP contribution >= 0.6 is 0 Å². The average molecular weight is 290 g/mol. The first kappa shape index (κ1) is 16.8. The number of carbonyl (C=O) groups is 2. The molecule has 1 aromatic rings. The molecule has 0 saturated heterocycles. The number of benzene rings is 1. The van der Waals surface area contributed by atoms with Crippen molar-refractivity contribution in [1.29, 1.82) is 0 Å². The van der Waals surface area contributed by atoms with Gasteiger partial charge in [0.15, 0.2) is 0 Å². The second-order valence-electron chi connectivity index (χ2n) is 5.49. The van der Waals surface area contributed by atoms with Gasteiger partial charge in [0.25, 0.3) is 11.8 Å². The molecule has 0 radical (unpaired) electrons. The van der Waals surface area contributed by atoms with Gasteiger partial charge in [-0.05, 0) is 39.8 Å². The van der Waals surface area contributed by atoms with Gasteiger partial charge in [-0.2, -0.15) is 0 Å². The molecule has 0 aliphatic rings. The SMILES string of the molecule is C/C=C\C(=O)NN(C(=O)c1ccccc1OC)C(C)(C)C. The zero-order valence-corrected chi connectivity index (χ0v) is 13.1. The van der Waals surface area contributed by atoms with Crippen LogP contribution in [0, 0.1) is 0 Å². The minimum absolute atomic E-state index is 0.321. The highest BCUT2D eigenvalue weighted by Gasteiger charge is 2.30. The molecule has 0 aromatic heterocycles. The first-order valence-corrected chi connectivity index (χ1v) is 6.72. The van der Waals surface area contributed by atoms with Crippen molar-refractivity contribution >= 4 is 11.8 Å². The van der Waals surface area contributed by atoms with E-state index in [0.717, 1.165) is 0 Å². The van der Waals surface area contributed by atoms with Crippen molar-refractivity contribution in [2.75, 3.05) is 7.11 Å². The number of amides is 2. The van der Waals surface area contributed by atoms with Crippen LogP contribution < -0.4 is 10.2 Å². The fraction of sp³-hybridized carbons (Fsp3) is 0.375. The molecule has 0 aliphatic heterocycles. The Bertz CT molecular complexity index is 545. The van der Waals surface area contributed by atoms with E-state index >= 15 is 0 Å². The Balaban J connectivity index is 3.14. The monoisotopic (exact) mass is 290 g/mol. The minimum atomic E-state index is -0.574. The van der Waals surface area contributed by atoms with Crippen molar-refractivity contribution in [2.45, 2.75) is 33.2 Å². The Kier molecular flexibility index (Phi) is 5.52. The third kappa shape index (κ3) is 4.34. The Labute approximate surface area is 125 Å². The molecule has 2 amide bonds. The summed E-state index contributed by atoms with van der Waals surface area (Å²) in [5, 5.41) is 1.31. The molecule has 0 fully saturated rings. The van der Waals surface area contributed by atoms with Crippen LogP contribution in [0.3, 0.4) is 0 Å². The summed E-state index contributed by atoms with van der Waals surface area (Å²) in [6.07, 6.45) is 2.98. The lowest BCUT2D eigenvalue weighted by atomic mass is 10.1. The predicted molar refractivity (Wildman–Crippen MR) is 81.9 cm³/mol. The number of nitrogens with zero attached hydrogens (tertiary/aromatic N) is 1. The molecule has 0 spiro atoms. The Morgan fingerprint density at radius 2 is 1.86 bits per heavy atom. The Morgan fingerprint density at radius 3 is 2.38 bits per heavy atom. The van der Waals surface area contributed by atoms with Crippen LogP contribution in [-0.2, 0) is 4.79 Å². The number of methoxy groups -OCH3 is 1. The van der Waals surface area contributed by atoms with Crippen molar-refractivity contribution in [3.8, 4) is 5.75 Å². The molecule has 1 aromatic carbocycles. The van der Waals surface area contributed by atoms with Crippen LogP contribution in [-0.4, -0.2) is 29.5 Å². The molecule has 5 heteroatoms. The van der Waals surface area contributed by atoms with Crippen LogP contribution in [0.4, 0.5) is 0 Å². The average Bonchev–Trinajstić information content (AvgIpc) is 2.43. The van der Waals surface area contributed by atoms with Crippen LogP contribution in [0.2, 0.25) is 0 Å². The van der Waals surface area contributed by atoms with E-state index in [1.165, 1.54) is 18.2 Å². The number of hydrogen-bond acceptors (Lipinski definition) is 3. The van der Waals surface area contributed by atoms with Crippen molar-refractivity contribution < 1.29 is 14.3 Å². The first-order chi connectivity index (χ1) is 9.81. The lowest BCUT2D eigenvalue weighted by Crippen LogP contribution is -2.55. The maximum absolute atomic E-state index is 12.7. The van der Waals surface area contributed by atoms with E-state index in [9.17, 15) is 9.59 Å². The fourth-order valence-corrected chi connectivity index (χ4v) is 1.76. The summed E-state index contributed by atoms with van der Waals surface area (Å²) in [6.45, 7) is 7.27. The zero-order valence-electron chi connectivity index (χ0n) is 13.1. The molecule has 0 unspecified atom stereocenters. The van der Waals surface area contributed by atoms with E-state index < -0.39 is 5.54 Å². The highest BCUT2D eigenvalue weighted by Crippen LogP contribution is 2.22. The lowest BCUT2D eigenvalue weighted by Gasteiger charge is -2.35. The highest BCUT2D eigenvalue weighted by atomic mass is 16.5. The molecule has 21 heavy (non-hydrogen) atoms. The van der Waals surface area contributed by atoms with Crippen LogP contribution in [0.5, 0.6) is 5.75 Å². The van der Waals surface area contributed by atoms with Gasteiger partial charge in [-0.15, -0.1) is 0 Å². The van der Waals surface area contributed by atoms with Crippen LogP contribution in [0.15, 0.2) is 36.4 Å². The maximum Gasteiger partial charge on any atom is 0.276 e. The molecule has 0 aliphatic carbocycles. The third-order valence-corrected chi connectivity index (χ3v) is 2.75. The summed E-state index contributed by atoms with van der Waals surface area (Å²) >= 11 is 0. The first-order valence-electron chi connectivity index (χ1n) is 6.72. The molecule has 0 saturated carbocycles. The molecule has 0 atom stereocenters. The Hall–Kier alpha value is -2.30. The molecule has 114 valence electrons. The van der Waals surface area contributed by atoms with Gasteiger partial charge in [0.1, 0.15) is 5.75 Å². The number of carbonyl (C=O) groups excluding carboxylic acids is 2. The fourth-order valence-electron chi connectivity index (χ4n) is 1.76. The number of para-hydroxylation sites is 1. The second kappa shape index (κ2) is 6.92. The van der Waals surface area contributed by atoms with Gasteiger partial charge in [0, 0.05) is 6.08 Å². The van der Waals surface area contributed by atoms with Gasteiger partial charge < -0.3 is 4.74 Å². The summed E-state index contributed by atoms with van der Waals surface area (Å²) in [5.41, 5.74) is 2.43. The van der Waals surface area contributed by atoms with E-state index in [1.54, 1.807) is 37.3 Å². The van der Waals surface area contributed by atoms with Gasteiger partial charge in [-0.25, -0.2) is 5.01 Å². The number of ether oxygens (including phenoxy) is 1. The smallest absolute Gasteiger partial charge is 0.276 e. The molecule has 1 rings (SSSR count). The number of hydrazine groups is 1. The number of hydrogen-bond donors (Lipinski definition) is 1. The number of allylic oxidation sites excluding steroid dienone is 1. The van der Waals surface area contributed by atoms with Gasteiger partial charge in [0.2, 0.25) is 0 Å². The maximum atomic E-state index is 12.7. The highest BCUT2D eigenvalue weighted by molar-refractivity contribution is 5.99. The standard InChI is InChI=1S/C16H22N2O3/c1-6-9-14(19)17-18(16(2,3)4)15(20)12-10-7-8-11-13(12)21-5/h6-11H,1-5H3,(H,17,19)/b9-6-. The molecule has 1 N–H and O–H groups in total. The molecule has 0 heterocycles. The van der Waals surface area contributed by atoms with Crippen LogP contribution in [0.1, 0.15) is 38.1 Å². The van der Waals surface area contributed by atoms with Crippen molar-refractivity contribution in [2.24, 2.45) is 0 Å². The molecular formula is C16H22N2O3. The molecular weight excluding hydrogens is 268 g/mol. The quantitative estimate of drug-likeness (QED) is 0.687. The van der Waals surface area contributed by atoms with E-state index in [0.29, 0.717) is 11.3 Å². The van der Waals surface area contributed by atoms with Crippen LogP contribution in [0.25, 0.3) is 0 Å². The second-order valence-corrected chi connectivity index (χ2v) is 5.49. The van der Waals surface area contributed by atoms with Gasteiger partial charge in [-0.1, -0.05) is 18.2 Å². The largest absolute Gasteiger partial charge is 0.496 e.